The maximum Gasteiger partial charge on any atom is 0.338 e. The van der Waals surface area contributed by atoms with Crippen LogP contribution in [0.4, 0.5) is 4.79 Å². The summed E-state index contributed by atoms with van der Waals surface area (Å²) in [5, 5.41) is 5.51. The number of furan rings is 1. The highest BCUT2D eigenvalue weighted by molar-refractivity contribution is 5.95. The summed E-state index contributed by atoms with van der Waals surface area (Å²) in [6, 6.07) is 2.48. The third-order valence-corrected chi connectivity index (χ3v) is 4.17. The van der Waals surface area contributed by atoms with Crippen LogP contribution in [-0.2, 0) is 9.53 Å². The fourth-order valence-electron chi connectivity index (χ4n) is 2.94. The van der Waals surface area contributed by atoms with E-state index in [-0.39, 0.29) is 12.6 Å². The summed E-state index contributed by atoms with van der Waals surface area (Å²) in [7, 11) is 1.99. The van der Waals surface area contributed by atoms with Crippen molar-refractivity contribution in [3.63, 3.8) is 0 Å². The molecular weight excluding hydrogens is 310 g/mol. The number of urea groups is 1. The Labute approximate surface area is 141 Å². The van der Waals surface area contributed by atoms with E-state index in [9.17, 15) is 9.59 Å². The van der Waals surface area contributed by atoms with Crippen molar-refractivity contribution in [2.45, 2.75) is 25.8 Å². The number of likely N-dealkylation sites (N-methyl/N-ethyl adjacent to an activating group) is 1. The standard InChI is InChI=1S/C17H23N3O4/c1-3-23-16(21)14-12(10-20(2)9-11-6-7-11)18-17(22)19-15(14)13-5-4-8-24-13/h4-5,8,11,15H,3,6-7,9-10H2,1-2H3,(H2,18,19,22)/t15-/m1/s1. The number of nitrogens with zero attached hydrogens (tertiary/aromatic N) is 1. The van der Waals surface area contributed by atoms with E-state index in [4.69, 9.17) is 9.15 Å². The quantitative estimate of drug-likeness (QED) is 0.743. The zero-order valence-electron chi connectivity index (χ0n) is 14.0. The summed E-state index contributed by atoms with van der Waals surface area (Å²) in [4.78, 5) is 26.7. The van der Waals surface area contributed by atoms with E-state index in [0.29, 0.717) is 23.6 Å². The van der Waals surface area contributed by atoms with E-state index in [1.807, 2.05) is 7.05 Å². The maximum absolute atomic E-state index is 12.5. The number of hydrogen-bond donors (Lipinski definition) is 2. The second kappa shape index (κ2) is 7.09. The summed E-state index contributed by atoms with van der Waals surface area (Å²) in [5.74, 6) is 0.788. The molecule has 1 atom stereocenters. The van der Waals surface area contributed by atoms with Crippen LogP contribution in [0.1, 0.15) is 31.6 Å². The number of carbonyl (C=O) groups is 2. The van der Waals surface area contributed by atoms with Gasteiger partial charge in [0, 0.05) is 18.8 Å². The Balaban J connectivity index is 1.90. The van der Waals surface area contributed by atoms with Gasteiger partial charge in [0.1, 0.15) is 11.8 Å². The number of rotatable bonds is 7. The van der Waals surface area contributed by atoms with Gasteiger partial charge in [-0.2, -0.15) is 0 Å². The van der Waals surface area contributed by atoms with Crippen LogP contribution >= 0.6 is 0 Å². The van der Waals surface area contributed by atoms with Gasteiger partial charge in [0.25, 0.3) is 0 Å². The van der Waals surface area contributed by atoms with Crippen molar-refractivity contribution in [3.05, 3.63) is 35.4 Å². The minimum Gasteiger partial charge on any atom is -0.467 e. The molecule has 0 radical (unpaired) electrons. The van der Waals surface area contributed by atoms with Crippen LogP contribution in [0.3, 0.4) is 0 Å². The molecule has 7 nitrogen and oxygen atoms in total. The molecule has 0 spiro atoms. The Morgan fingerprint density at radius 2 is 2.25 bits per heavy atom. The predicted octanol–water partition coefficient (Wildman–Crippen LogP) is 1.79. The van der Waals surface area contributed by atoms with Crippen LogP contribution in [0, 0.1) is 5.92 Å². The molecule has 0 bridgehead atoms. The molecule has 1 fully saturated rings. The van der Waals surface area contributed by atoms with Gasteiger partial charge in [-0.1, -0.05) is 0 Å². The van der Waals surface area contributed by atoms with Gasteiger partial charge in [-0.15, -0.1) is 0 Å². The fraction of sp³-hybridized carbons (Fsp3) is 0.529. The molecule has 0 aromatic carbocycles. The first-order chi connectivity index (χ1) is 11.6. The van der Waals surface area contributed by atoms with Crippen molar-refractivity contribution in [1.82, 2.24) is 15.5 Å². The van der Waals surface area contributed by atoms with Crippen LogP contribution in [0.25, 0.3) is 0 Å². The first kappa shape index (κ1) is 16.6. The van der Waals surface area contributed by atoms with Crippen molar-refractivity contribution in [1.29, 1.82) is 0 Å². The number of amides is 2. The molecular formula is C17H23N3O4. The van der Waals surface area contributed by atoms with Crippen LogP contribution < -0.4 is 10.6 Å². The monoisotopic (exact) mass is 333 g/mol. The average molecular weight is 333 g/mol. The molecule has 1 aromatic rings. The Kier molecular flexibility index (Phi) is 4.89. The molecule has 0 saturated heterocycles. The lowest BCUT2D eigenvalue weighted by molar-refractivity contribution is -0.139. The largest absolute Gasteiger partial charge is 0.467 e. The van der Waals surface area contributed by atoms with Crippen molar-refractivity contribution < 1.29 is 18.7 Å². The Hall–Kier alpha value is -2.28. The molecule has 1 aliphatic carbocycles. The Morgan fingerprint density at radius 1 is 1.46 bits per heavy atom. The van der Waals surface area contributed by atoms with Crippen LogP contribution in [-0.4, -0.2) is 43.6 Å². The van der Waals surface area contributed by atoms with Crippen LogP contribution in [0.2, 0.25) is 0 Å². The lowest BCUT2D eigenvalue weighted by atomic mass is 10.00. The van der Waals surface area contributed by atoms with Crippen LogP contribution in [0.15, 0.2) is 34.1 Å². The van der Waals surface area contributed by atoms with Gasteiger partial charge < -0.3 is 24.7 Å². The topological polar surface area (TPSA) is 83.8 Å². The molecule has 7 heteroatoms. The number of ether oxygens (including phenoxy) is 1. The number of hydrogen-bond acceptors (Lipinski definition) is 5. The molecule has 2 heterocycles. The molecule has 1 aliphatic heterocycles. The molecule has 2 amide bonds. The van der Waals surface area contributed by atoms with Gasteiger partial charge in [0.15, 0.2) is 0 Å². The maximum atomic E-state index is 12.5. The van der Waals surface area contributed by atoms with Gasteiger partial charge >= 0.3 is 12.0 Å². The summed E-state index contributed by atoms with van der Waals surface area (Å²) in [6.07, 6.45) is 4.01. The first-order valence-corrected chi connectivity index (χ1v) is 8.28. The van der Waals surface area contributed by atoms with Crippen LogP contribution in [0.5, 0.6) is 0 Å². The lowest BCUT2D eigenvalue weighted by Gasteiger charge is -2.30. The van der Waals surface area contributed by atoms with Gasteiger partial charge in [-0.05, 0) is 44.9 Å². The minimum atomic E-state index is -0.642. The summed E-state index contributed by atoms with van der Waals surface area (Å²) < 4.78 is 10.6. The zero-order chi connectivity index (χ0) is 17.1. The van der Waals surface area contributed by atoms with E-state index in [0.717, 1.165) is 12.5 Å². The smallest absolute Gasteiger partial charge is 0.338 e. The SMILES string of the molecule is CCOC(=O)C1=C(CN(C)CC2CC2)NC(=O)N[C@@H]1c1ccco1. The number of esters is 1. The van der Waals surface area contributed by atoms with Gasteiger partial charge in [0.05, 0.1) is 18.4 Å². The normalized spacial score (nSPS) is 20.8. The molecule has 24 heavy (non-hydrogen) atoms. The van der Waals surface area contributed by atoms with E-state index < -0.39 is 12.0 Å². The third-order valence-electron chi connectivity index (χ3n) is 4.17. The Morgan fingerprint density at radius 3 is 2.88 bits per heavy atom. The second-order valence-electron chi connectivity index (χ2n) is 6.30. The van der Waals surface area contributed by atoms with E-state index in [2.05, 4.69) is 15.5 Å². The van der Waals surface area contributed by atoms with Crippen molar-refractivity contribution in [2.75, 3.05) is 26.7 Å². The van der Waals surface area contributed by atoms with Crippen molar-refractivity contribution >= 4 is 12.0 Å². The first-order valence-electron chi connectivity index (χ1n) is 8.28. The molecule has 2 N–H and O–H groups in total. The number of carbonyl (C=O) groups excluding carboxylic acids is 2. The minimum absolute atomic E-state index is 0.270. The predicted molar refractivity (Wildman–Crippen MR) is 87.0 cm³/mol. The lowest BCUT2D eigenvalue weighted by Crippen LogP contribution is -2.48. The highest BCUT2D eigenvalue weighted by Gasteiger charge is 2.36. The summed E-state index contributed by atoms with van der Waals surface area (Å²) in [6.45, 7) is 3.46. The molecule has 3 rings (SSSR count). The number of nitrogens with one attached hydrogen (secondary N) is 2. The highest BCUT2D eigenvalue weighted by Crippen LogP contribution is 2.31. The molecule has 130 valence electrons. The van der Waals surface area contributed by atoms with Gasteiger partial charge in [-0.25, -0.2) is 9.59 Å². The molecule has 0 unspecified atom stereocenters. The average Bonchev–Trinajstić information content (AvgIpc) is 3.15. The zero-order valence-corrected chi connectivity index (χ0v) is 14.0. The van der Waals surface area contributed by atoms with E-state index >= 15 is 0 Å². The Bertz CT molecular complexity index is 634. The molecule has 1 saturated carbocycles. The van der Waals surface area contributed by atoms with E-state index in [1.165, 1.54) is 19.1 Å². The molecule has 1 aromatic heterocycles. The summed E-state index contributed by atoms with van der Waals surface area (Å²) >= 11 is 0. The fourth-order valence-corrected chi connectivity index (χ4v) is 2.94. The van der Waals surface area contributed by atoms with Gasteiger partial charge in [-0.3, -0.25) is 0 Å². The third kappa shape index (κ3) is 3.79. The van der Waals surface area contributed by atoms with E-state index in [1.54, 1.807) is 19.1 Å². The van der Waals surface area contributed by atoms with Gasteiger partial charge in [0.2, 0.25) is 0 Å². The van der Waals surface area contributed by atoms with Crippen molar-refractivity contribution in [2.24, 2.45) is 5.92 Å². The highest BCUT2D eigenvalue weighted by atomic mass is 16.5. The molecule has 2 aliphatic rings. The second-order valence-corrected chi connectivity index (χ2v) is 6.30. The summed E-state index contributed by atoms with van der Waals surface area (Å²) in [5.41, 5.74) is 0.968. The van der Waals surface area contributed by atoms with Crippen molar-refractivity contribution in [3.8, 4) is 0 Å².